The van der Waals surface area contributed by atoms with Gasteiger partial charge in [0, 0.05) is 12.5 Å². The van der Waals surface area contributed by atoms with Crippen molar-refractivity contribution in [3.05, 3.63) is 5.82 Å². The van der Waals surface area contributed by atoms with Crippen molar-refractivity contribution in [3.63, 3.8) is 0 Å². The van der Waals surface area contributed by atoms with Crippen LogP contribution in [-0.2, 0) is 5.41 Å². The summed E-state index contributed by atoms with van der Waals surface area (Å²) < 4.78 is 5.40. The lowest BCUT2D eigenvalue weighted by Crippen LogP contribution is -2.19. The zero-order valence-corrected chi connectivity index (χ0v) is 10.6. The minimum Gasteiger partial charge on any atom is -0.476 e. The van der Waals surface area contributed by atoms with E-state index in [0.717, 1.165) is 5.82 Å². The predicted octanol–water partition coefficient (Wildman–Crippen LogP) is 1.80. The van der Waals surface area contributed by atoms with Gasteiger partial charge in [0.2, 0.25) is 5.88 Å². The van der Waals surface area contributed by atoms with Crippen molar-refractivity contribution in [1.29, 1.82) is 0 Å². The van der Waals surface area contributed by atoms with Crippen LogP contribution in [0.3, 0.4) is 0 Å². The first-order chi connectivity index (χ1) is 7.40. The molecule has 0 atom stereocenters. The summed E-state index contributed by atoms with van der Waals surface area (Å²) in [5.74, 6) is 1.78. The second-order valence-electron chi connectivity index (χ2n) is 4.55. The number of nitrogens with two attached hydrogens (primary N) is 1. The minimum absolute atomic E-state index is 0.134. The van der Waals surface area contributed by atoms with Crippen molar-refractivity contribution in [2.45, 2.75) is 33.1 Å². The maximum absolute atomic E-state index is 5.88. The molecule has 1 heterocycles. The highest BCUT2D eigenvalue weighted by atomic mass is 16.5. The Bertz CT molecular complexity index is 371. The SMILES string of the molecule is CCOc1nc(C(C)(C)C)nc(NC)c1N. The molecule has 1 rings (SSSR count). The van der Waals surface area contributed by atoms with Gasteiger partial charge in [-0.1, -0.05) is 20.8 Å². The van der Waals surface area contributed by atoms with Crippen LogP contribution in [0.15, 0.2) is 0 Å². The molecule has 90 valence electrons. The fourth-order valence-electron chi connectivity index (χ4n) is 1.22. The summed E-state index contributed by atoms with van der Waals surface area (Å²) in [6.45, 7) is 8.58. The van der Waals surface area contributed by atoms with E-state index in [0.29, 0.717) is 24.0 Å². The monoisotopic (exact) mass is 224 g/mol. The number of ether oxygens (including phenoxy) is 1. The first-order valence-corrected chi connectivity index (χ1v) is 5.38. The molecule has 3 N–H and O–H groups in total. The second kappa shape index (κ2) is 4.55. The van der Waals surface area contributed by atoms with Crippen LogP contribution in [0.1, 0.15) is 33.5 Å². The van der Waals surface area contributed by atoms with Gasteiger partial charge in [0.25, 0.3) is 0 Å². The van der Waals surface area contributed by atoms with Crippen LogP contribution in [0, 0.1) is 0 Å². The first-order valence-electron chi connectivity index (χ1n) is 5.38. The van der Waals surface area contributed by atoms with Crippen LogP contribution in [0.2, 0.25) is 0 Å². The third kappa shape index (κ3) is 2.53. The van der Waals surface area contributed by atoms with E-state index in [2.05, 4.69) is 15.3 Å². The van der Waals surface area contributed by atoms with Crippen LogP contribution in [0.5, 0.6) is 5.88 Å². The van der Waals surface area contributed by atoms with Gasteiger partial charge in [-0.25, -0.2) is 4.98 Å². The largest absolute Gasteiger partial charge is 0.476 e. The average molecular weight is 224 g/mol. The molecular formula is C11H20N4O. The Kier molecular flexibility index (Phi) is 3.57. The highest BCUT2D eigenvalue weighted by Gasteiger charge is 2.21. The van der Waals surface area contributed by atoms with Crippen LogP contribution >= 0.6 is 0 Å². The molecule has 0 aliphatic carbocycles. The standard InChI is InChI=1S/C11H20N4O/c1-6-16-9-7(12)8(13-5)14-10(15-9)11(2,3)4/h6,12H2,1-5H3,(H,13,14,15). The summed E-state index contributed by atoms with van der Waals surface area (Å²) in [4.78, 5) is 8.72. The van der Waals surface area contributed by atoms with Gasteiger partial charge in [0.1, 0.15) is 11.5 Å². The van der Waals surface area contributed by atoms with Crippen molar-refractivity contribution in [1.82, 2.24) is 9.97 Å². The molecule has 0 aliphatic heterocycles. The fourth-order valence-corrected chi connectivity index (χ4v) is 1.22. The molecule has 5 heteroatoms. The Balaban J connectivity index is 3.28. The fraction of sp³-hybridized carbons (Fsp3) is 0.636. The van der Waals surface area contributed by atoms with Gasteiger partial charge in [-0.05, 0) is 6.92 Å². The zero-order valence-electron chi connectivity index (χ0n) is 10.6. The van der Waals surface area contributed by atoms with E-state index in [-0.39, 0.29) is 5.41 Å². The quantitative estimate of drug-likeness (QED) is 0.819. The Morgan fingerprint density at radius 3 is 2.38 bits per heavy atom. The van der Waals surface area contributed by atoms with E-state index < -0.39 is 0 Å². The van der Waals surface area contributed by atoms with Crippen molar-refractivity contribution < 1.29 is 4.74 Å². The molecular weight excluding hydrogens is 204 g/mol. The predicted molar refractivity (Wildman–Crippen MR) is 65.9 cm³/mol. The maximum Gasteiger partial charge on any atom is 0.242 e. The molecule has 0 amide bonds. The van der Waals surface area contributed by atoms with E-state index >= 15 is 0 Å². The Morgan fingerprint density at radius 1 is 1.31 bits per heavy atom. The highest BCUT2D eigenvalue weighted by molar-refractivity contribution is 5.66. The molecule has 0 radical (unpaired) electrons. The average Bonchev–Trinajstić information content (AvgIpc) is 2.19. The number of nitrogens with zero attached hydrogens (tertiary/aromatic N) is 2. The lowest BCUT2D eigenvalue weighted by Gasteiger charge is -2.19. The van der Waals surface area contributed by atoms with Gasteiger partial charge in [0.15, 0.2) is 5.82 Å². The Hall–Kier alpha value is -1.52. The summed E-state index contributed by atoms with van der Waals surface area (Å²) in [5.41, 5.74) is 6.20. The number of nitrogens with one attached hydrogen (secondary N) is 1. The molecule has 5 nitrogen and oxygen atoms in total. The molecule has 1 aromatic heterocycles. The second-order valence-corrected chi connectivity index (χ2v) is 4.55. The lowest BCUT2D eigenvalue weighted by atomic mass is 9.96. The third-order valence-corrected chi connectivity index (χ3v) is 2.10. The number of hydrogen-bond donors (Lipinski definition) is 2. The zero-order chi connectivity index (χ0) is 12.3. The number of rotatable bonds is 3. The summed E-state index contributed by atoms with van der Waals surface area (Å²) in [5, 5.41) is 2.95. The van der Waals surface area contributed by atoms with Crippen molar-refractivity contribution in [3.8, 4) is 5.88 Å². The van der Waals surface area contributed by atoms with E-state index in [1.54, 1.807) is 7.05 Å². The lowest BCUT2D eigenvalue weighted by molar-refractivity contribution is 0.324. The smallest absolute Gasteiger partial charge is 0.242 e. The molecule has 0 spiro atoms. The molecule has 0 bridgehead atoms. The normalized spacial score (nSPS) is 11.3. The molecule has 0 aliphatic rings. The summed E-state index contributed by atoms with van der Waals surface area (Å²) in [7, 11) is 1.78. The molecule has 16 heavy (non-hydrogen) atoms. The number of hydrogen-bond acceptors (Lipinski definition) is 5. The molecule has 1 aromatic rings. The maximum atomic E-state index is 5.88. The first kappa shape index (κ1) is 12.5. The molecule has 0 aromatic carbocycles. The van der Waals surface area contributed by atoms with Crippen molar-refractivity contribution in [2.75, 3.05) is 24.7 Å². The Labute approximate surface area is 96.4 Å². The van der Waals surface area contributed by atoms with Gasteiger partial charge >= 0.3 is 0 Å². The minimum atomic E-state index is -0.134. The van der Waals surface area contributed by atoms with Gasteiger partial charge < -0.3 is 15.8 Å². The number of nitrogen functional groups attached to an aromatic ring is 1. The van der Waals surface area contributed by atoms with Gasteiger partial charge in [-0.15, -0.1) is 0 Å². The van der Waals surface area contributed by atoms with E-state index in [4.69, 9.17) is 10.5 Å². The van der Waals surface area contributed by atoms with E-state index in [1.807, 2.05) is 27.7 Å². The highest BCUT2D eigenvalue weighted by Crippen LogP contribution is 2.29. The van der Waals surface area contributed by atoms with Gasteiger partial charge in [0.05, 0.1) is 6.61 Å². The van der Waals surface area contributed by atoms with Crippen LogP contribution in [0.4, 0.5) is 11.5 Å². The molecule has 0 saturated heterocycles. The molecule has 0 fully saturated rings. The van der Waals surface area contributed by atoms with Gasteiger partial charge in [-0.2, -0.15) is 4.98 Å². The topological polar surface area (TPSA) is 73.1 Å². The molecule has 0 unspecified atom stereocenters. The number of anilines is 2. The summed E-state index contributed by atoms with van der Waals surface area (Å²) in [6.07, 6.45) is 0. The van der Waals surface area contributed by atoms with Crippen LogP contribution < -0.4 is 15.8 Å². The van der Waals surface area contributed by atoms with E-state index in [9.17, 15) is 0 Å². The van der Waals surface area contributed by atoms with Crippen molar-refractivity contribution >= 4 is 11.5 Å². The van der Waals surface area contributed by atoms with Crippen LogP contribution in [0.25, 0.3) is 0 Å². The summed E-state index contributed by atoms with van der Waals surface area (Å²) >= 11 is 0. The third-order valence-electron chi connectivity index (χ3n) is 2.10. The number of aromatic nitrogens is 2. The van der Waals surface area contributed by atoms with Crippen molar-refractivity contribution in [2.24, 2.45) is 0 Å². The van der Waals surface area contributed by atoms with Crippen LogP contribution in [-0.4, -0.2) is 23.6 Å². The summed E-state index contributed by atoms with van der Waals surface area (Å²) in [6, 6.07) is 0. The Morgan fingerprint density at radius 2 is 1.94 bits per heavy atom. The van der Waals surface area contributed by atoms with Gasteiger partial charge in [-0.3, -0.25) is 0 Å². The van der Waals surface area contributed by atoms with E-state index in [1.165, 1.54) is 0 Å². The molecule has 0 saturated carbocycles.